The molecule has 21 heavy (non-hydrogen) atoms. The predicted molar refractivity (Wildman–Crippen MR) is 86.3 cm³/mol. The number of benzene rings is 1. The third-order valence-electron chi connectivity index (χ3n) is 4.00. The van der Waals surface area contributed by atoms with E-state index >= 15 is 0 Å². The first-order chi connectivity index (χ1) is 10.1. The molecule has 2 heterocycles. The van der Waals surface area contributed by atoms with Gasteiger partial charge in [-0.25, -0.2) is 8.42 Å². The highest BCUT2D eigenvalue weighted by atomic mass is 32.2. The number of hydrogen-bond donors (Lipinski definition) is 0. The minimum atomic E-state index is -3.32. The molecule has 112 valence electrons. The molecule has 0 amide bonds. The van der Waals surface area contributed by atoms with Crippen molar-refractivity contribution < 1.29 is 8.42 Å². The molecule has 0 spiro atoms. The number of hydrogen-bond acceptors (Lipinski definition) is 3. The van der Waals surface area contributed by atoms with Crippen LogP contribution >= 0.6 is 11.3 Å². The molecule has 1 atom stereocenters. The molecular weight excluding hydrogens is 302 g/mol. The van der Waals surface area contributed by atoms with Crippen LogP contribution in [-0.2, 0) is 16.4 Å². The van der Waals surface area contributed by atoms with Gasteiger partial charge in [0, 0.05) is 18.0 Å². The molecule has 5 heteroatoms. The average Bonchev–Trinajstić information content (AvgIpc) is 3.18. The second-order valence-corrected chi connectivity index (χ2v) is 8.67. The van der Waals surface area contributed by atoms with E-state index in [1.165, 1.54) is 16.9 Å². The largest absolute Gasteiger partial charge is 0.252 e. The Morgan fingerprint density at radius 1 is 1.19 bits per heavy atom. The lowest BCUT2D eigenvalue weighted by Gasteiger charge is -2.15. The van der Waals surface area contributed by atoms with Crippen LogP contribution in [0.4, 0.5) is 0 Å². The Morgan fingerprint density at radius 3 is 2.62 bits per heavy atom. The lowest BCUT2D eigenvalue weighted by molar-refractivity contribution is 0.474. The molecule has 2 aromatic rings. The first kappa shape index (κ1) is 14.8. The van der Waals surface area contributed by atoms with Gasteiger partial charge < -0.3 is 0 Å². The van der Waals surface area contributed by atoms with Gasteiger partial charge in [-0.15, -0.1) is 11.3 Å². The molecular formula is C16H19NO2S2. The highest BCUT2D eigenvalue weighted by Gasteiger charge is 2.33. The maximum Gasteiger partial charge on any atom is 0.252 e. The SMILES string of the molecule is CCc1ccc(S(=O)(=O)N2CCC(c3ccccc3)C2)s1. The summed E-state index contributed by atoms with van der Waals surface area (Å²) in [7, 11) is -3.32. The van der Waals surface area contributed by atoms with Crippen molar-refractivity contribution in [3.05, 3.63) is 52.9 Å². The van der Waals surface area contributed by atoms with E-state index in [2.05, 4.69) is 12.1 Å². The van der Waals surface area contributed by atoms with Crippen molar-refractivity contribution in [3.8, 4) is 0 Å². The van der Waals surface area contributed by atoms with Crippen molar-refractivity contribution in [2.24, 2.45) is 0 Å². The summed E-state index contributed by atoms with van der Waals surface area (Å²) in [6.45, 7) is 3.25. The summed E-state index contributed by atoms with van der Waals surface area (Å²) in [5.74, 6) is 0.312. The van der Waals surface area contributed by atoms with Crippen molar-refractivity contribution in [3.63, 3.8) is 0 Å². The molecule has 1 aliphatic rings. The Kier molecular flexibility index (Phi) is 4.15. The standard InChI is InChI=1S/C16H19NO2S2/c1-2-15-8-9-16(20-15)21(18,19)17-11-10-14(12-17)13-6-4-3-5-7-13/h3-9,14H,2,10-12H2,1H3. The lowest BCUT2D eigenvalue weighted by atomic mass is 9.99. The van der Waals surface area contributed by atoms with Gasteiger partial charge in [0.25, 0.3) is 10.0 Å². The Bertz CT molecular complexity index is 707. The molecule has 1 unspecified atom stereocenters. The molecule has 1 fully saturated rings. The molecule has 3 rings (SSSR count). The Morgan fingerprint density at radius 2 is 1.95 bits per heavy atom. The zero-order chi connectivity index (χ0) is 14.9. The molecule has 0 saturated carbocycles. The van der Waals surface area contributed by atoms with Gasteiger partial charge in [0.05, 0.1) is 0 Å². The van der Waals surface area contributed by atoms with Crippen LogP contribution in [0.3, 0.4) is 0 Å². The smallest absolute Gasteiger partial charge is 0.206 e. The van der Waals surface area contributed by atoms with Crippen LogP contribution in [0.25, 0.3) is 0 Å². The summed E-state index contributed by atoms with van der Waals surface area (Å²) in [4.78, 5) is 1.12. The molecule has 0 radical (unpaired) electrons. The van der Waals surface area contributed by atoms with Crippen molar-refractivity contribution >= 4 is 21.4 Å². The summed E-state index contributed by atoms with van der Waals surface area (Å²) >= 11 is 1.39. The Balaban J connectivity index is 1.79. The third kappa shape index (κ3) is 2.91. The van der Waals surface area contributed by atoms with Crippen molar-refractivity contribution in [1.29, 1.82) is 0 Å². The lowest BCUT2D eigenvalue weighted by Crippen LogP contribution is -2.28. The van der Waals surface area contributed by atoms with Crippen LogP contribution in [0.5, 0.6) is 0 Å². The summed E-state index contributed by atoms with van der Waals surface area (Å²) in [5, 5.41) is 0. The van der Waals surface area contributed by atoms with E-state index in [9.17, 15) is 8.42 Å². The first-order valence-electron chi connectivity index (χ1n) is 7.25. The van der Waals surface area contributed by atoms with Crippen LogP contribution < -0.4 is 0 Å². The second-order valence-electron chi connectivity index (χ2n) is 5.33. The summed E-state index contributed by atoms with van der Waals surface area (Å²) in [6, 6.07) is 13.8. The number of nitrogens with zero attached hydrogens (tertiary/aromatic N) is 1. The zero-order valence-electron chi connectivity index (χ0n) is 12.0. The summed E-state index contributed by atoms with van der Waals surface area (Å²) in [5.41, 5.74) is 1.23. The van der Waals surface area contributed by atoms with Gasteiger partial charge >= 0.3 is 0 Å². The fourth-order valence-corrected chi connectivity index (χ4v) is 5.71. The Hall–Kier alpha value is -1.17. The highest BCUT2D eigenvalue weighted by Crippen LogP contribution is 2.33. The molecule has 1 aromatic carbocycles. The maximum absolute atomic E-state index is 12.7. The van der Waals surface area contributed by atoms with E-state index in [0.29, 0.717) is 23.2 Å². The van der Waals surface area contributed by atoms with Gasteiger partial charge in [-0.3, -0.25) is 0 Å². The van der Waals surface area contributed by atoms with Crippen LogP contribution in [-0.4, -0.2) is 25.8 Å². The molecule has 0 N–H and O–H groups in total. The van der Waals surface area contributed by atoms with E-state index in [1.54, 1.807) is 10.4 Å². The monoisotopic (exact) mass is 321 g/mol. The normalized spacial score (nSPS) is 20.0. The van der Waals surface area contributed by atoms with Gasteiger partial charge in [0.2, 0.25) is 0 Å². The molecule has 1 aromatic heterocycles. The van der Waals surface area contributed by atoms with E-state index < -0.39 is 10.0 Å². The van der Waals surface area contributed by atoms with E-state index in [1.807, 2.05) is 31.2 Å². The van der Waals surface area contributed by atoms with Crippen LogP contribution in [0.15, 0.2) is 46.7 Å². The Labute approximate surface area is 130 Å². The van der Waals surface area contributed by atoms with E-state index in [0.717, 1.165) is 17.7 Å². The van der Waals surface area contributed by atoms with Gasteiger partial charge in [-0.1, -0.05) is 37.3 Å². The predicted octanol–water partition coefficient (Wildman–Crippen LogP) is 3.49. The maximum atomic E-state index is 12.7. The van der Waals surface area contributed by atoms with E-state index in [-0.39, 0.29) is 0 Å². The topological polar surface area (TPSA) is 37.4 Å². The summed E-state index contributed by atoms with van der Waals surface area (Å²) < 4.78 is 27.5. The van der Waals surface area contributed by atoms with Crippen molar-refractivity contribution in [1.82, 2.24) is 4.31 Å². The molecule has 3 nitrogen and oxygen atoms in total. The van der Waals surface area contributed by atoms with Crippen molar-refractivity contribution in [2.45, 2.75) is 29.9 Å². The van der Waals surface area contributed by atoms with Crippen LogP contribution in [0, 0.1) is 0 Å². The average molecular weight is 321 g/mol. The van der Waals surface area contributed by atoms with Crippen LogP contribution in [0.2, 0.25) is 0 Å². The number of thiophene rings is 1. The van der Waals surface area contributed by atoms with Gasteiger partial charge in [0.15, 0.2) is 0 Å². The van der Waals surface area contributed by atoms with E-state index in [4.69, 9.17) is 0 Å². The van der Waals surface area contributed by atoms with Gasteiger partial charge in [-0.05, 0) is 36.5 Å². The third-order valence-corrected chi connectivity index (χ3v) is 7.56. The zero-order valence-corrected chi connectivity index (χ0v) is 13.7. The van der Waals surface area contributed by atoms with Gasteiger partial charge in [0.1, 0.15) is 4.21 Å². The minimum Gasteiger partial charge on any atom is -0.206 e. The molecule has 1 saturated heterocycles. The molecule has 0 aliphatic carbocycles. The first-order valence-corrected chi connectivity index (χ1v) is 9.50. The number of rotatable bonds is 4. The fraction of sp³-hybridized carbons (Fsp3) is 0.375. The summed E-state index contributed by atoms with van der Waals surface area (Å²) in [6.07, 6.45) is 1.78. The molecule has 1 aliphatic heterocycles. The van der Waals surface area contributed by atoms with Gasteiger partial charge in [-0.2, -0.15) is 4.31 Å². The molecule has 0 bridgehead atoms. The van der Waals surface area contributed by atoms with Crippen molar-refractivity contribution in [2.75, 3.05) is 13.1 Å². The second kappa shape index (κ2) is 5.91. The quantitative estimate of drug-likeness (QED) is 0.864. The van der Waals surface area contributed by atoms with Crippen LogP contribution in [0.1, 0.15) is 29.7 Å². The number of aryl methyl sites for hydroxylation is 1. The fourth-order valence-electron chi connectivity index (χ4n) is 2.76. The number of sulfonamides is 1. The highest BCUT2D eigenvalue weighted by molar-refractivity contribution is 7.91. The minimum absolute atomic E-state index is 0.312.